The van der Waals surface area contributed by atoms with E-state index in [1.807, 2.05) is 0 Å². The molecule has 0 saturated heterocycles. The van der Waals surface area contributed by atoms with Gasteiger partial charge in [-0.1, -0.05) is 34.8 Å². The van der Waals surface area contributed by atoms with E-state index in [0.29, 0.717) is 5.02 Å². The molecule has 1 aromatic heterocycles. The molecule has 2 rings (SSSR count). The van der Waals surface area contributed by atoms with Gasteiger partial charge in [-0.3, -0.25) is 10.1 Å². The predicted octanol–water partition coefficient (Wildman–Crippen LogP) is 4.14. The van der Waals surface area contributed by atoms with Crippen LogP contribution in [0.4, 0.5) is 5.69 Å². The van der Waals surface area contributed by atoms with Crippen molar-refractivity contribution >= 4 is 40.5 Å². The molecule has 9 heteroatoms. The van der Waals surface area contributed by atoms with E-state index in [0.717, 1.165) is 6.33 Å². The Balaban J connectivity index is 2.40. The summed E-state index contributed by atoms with van der Waals surface area (Å²) >= 11 is 17.2. The van der Waals surface area contributed by atoms with E-state index in [1.165, 1.54) is 18.2 Å². The van der Waals surface area contributed by atoms with Crippen LogP contribution in [0.3, 0.4) is 0 Å². The molecule has 0 atom stereocenters. The number of halogens is 3. The number of hydrogen-bond donors (Lipinski definition) is 0. The van der Waals surface area contributed by atoms with Gasteiger partial charge in [0.1, 0.15) is 12.1 Å². The lowest BCUT2D eigenvalue weighted by Crippen LogP contribution is -1.98. The molecule has 0 saturated carbocycles. The van der Waals surface area contributed by atoms with Gasteiger partial charge in [-0.25, -0.2) is 4.98 Å². The van der Waals surface area contributed by atoms with E-state index >= 15 is 0 Å². The van der Waals surface area contributed by atoms with Crippen molar-refractivity contribution in [3.05, 3.63) is 49.8 Å². The second-order valence-corrected chi connectivity index (χ2v) is 4.43. The first-order valence-electron chi connectivity index (χ1n) is 4.77. The molecule has 98 valence electrons. The number of aromatic nitrogens is 2. The largest absolute Gasteiger partial charge is 0.434 e. The van der Waals surface area contributed by atoms with Crippen LogP contribution in [-0.2, 0) is 0 Å². The number of hydrogen-bond acceptors (Lipinski definition) is 5. The second kappa shape index (κ2) is 5.56. The maximum absolute atomic E-state index is 10.9. The van der Waals surface area contributed by atoms with Gasteiger partial charge in [0.2, 0.25) is 5.15 Å². The molecule has 0 spiro atoms. The van der Waals surface area contributed by atoms with Gasteiger partial charge in [-0.05, 0) is 12.1 Å². The van der Waals surface area contributed by atoms with Crippen molar-refractivity contribution in [3.63, 3.8) is 0 Å². The number of rotatable bonds is 3. The highest BCUT2D eigenvalue weighted by Crippen LogP contribution is 2.35. The smallest absolute Gasteiger partial charge is 0.368 e. The second-order valence-electron chi connectivity index (χ2n) is 3.25. The molecule has 19 heavy (non-hydrogen) atoms. The van der Waals surface area contributed by atoms with Crippen molar-refractivity contribution < 1.29 is 9.66 Å². The molecule has 6 nitrogen and oxygen atoms in total. The Labute approximate surface area is 122 Å². The summed E-state index contributed by atoms with van der Waals surface area (Å²) in [7, 11) is 0. The van der Waals surface area contributed by atoms with Crippen LogP contribution in [0.15, 0.2) is 24.5 Å². The molecule has 1 aromatic carbocycles. The lowest BCUT2D eigenvalue weighted by Gasteiger charge is -2.06. The van der Waals surface area contributed by atoms with E-state index in [4.69, 9.17) is 39.5 Å². The number of benzene rings is 1. The fourth-order valence-electron chi connectivity index (χ4n) is 1.22. The molecule has 0 fully saturated rings. The van der Waals surface area contributed by atoms with E-state index in [2.05, 4.69) is 9.97 Å². The molecule has 0 amide bonds. The molecular formula is C10H4Cl3N3O3. The topological polar surface area (TPSA) is 78.2 Å². The molecule has 0 aliphatic rings. The fraction of sp³-hybridized carbons (Fsp3) is 0. The van der Waals surface area contributed by atoms with Crippen molar-refractivity contribution in [1.29, 1.82) is 0 Å². The molecule has 2 aromatic rings. The molecule has 0 N–H and O–H groups in total. The van der Waals surface area contributed by atoms with Crippen LogP contribution in [0, 0.1) is 10.1 Å². The minimum atomic E-state index is -0.727. The molecule has 0 aliphatic carbocycles. The predicted molar refractivity (Wildman–Crippen MR) is 70.2 cm³/mol. The zero-order chi connectivity index (χ0) is 14.0. The summed E-state index contributed by atoms with van der Waals surface area (Å²) in [6.45, 7) is 0. The third-order valence-corrected chi connectivity index (χ3v) is 3.05. The van der Waals surface area contributed by atoms with Crippen LogP contribution in [-0.4, -0.2) is 14.9 Å². The highest BCUT2D eigenvalue weighted by molar-refractivity contribution is 6.42. The maximum atomic E-state index is 10.9. The van der Waals surface area contributed by atoms with Gasteiger partial charge in [-0.2, -0.15) is 4.98 Å². The summed E-state index contributed by atoms with van der Waals surface area (Å²) in [5.74, 6) is -0.0318. The molecule has 0 unspecified atom stereocenters. The summed E-state index contributed by atoms with van der Waals surface area (Å²) < 4.78 is 5.27. The van der Waals surface area contributed by atoms with E-state index in [9.17, 15) is 10.1 Å². The van der Waals surface area contributed by atoms with Crippen molar-refractivity contribution in [2.45, 2.75) is 0 Å². The molecule has 0 radical (unpaired) electrons. The average molecular weight is 321 g/mol. The number of ether oxygens (including phenoxy) is 1. The number of nitro groups is 1. The van der Waals surface area contributed by atoms with Crippen molar-refractivity contribution in [2.75, 3.05) is 0 Å². The Hall–Kier alpha value is -1.63. The van der Waals surface area contributed by atoms with Crippen LogP contribution >= 0.6 is 34.8 Å². The fourth-order valence-corrected chi connectivity index (χ4v) is 1.70. The maximum Gasteiger partial charge on any atom is 0.368 e. The van der Waals surface area contributed by atoms with Crippen LogP contribution in [0.25, 0.3) is 0 Å². The van der Waals surface area contributed by atoms with Crippen LogP contribution < -0.4 is 4.74 Å². The van der Waals surface area contributed by atoms with Gasteiger partial charge in [-0.15, -0.1) is 0 Å². The first-order chi connectivity index (χ1) is 8.99. The Kier molecular flexibility index (Phi) is 4.04. The van der Waals surface area contributed by atoms with Crippen LogP contribution in [0.5, 0.6) is 11.6 Å². The average Bonchev–Trinajstić information content (AvgIpc) is 2.33. The first kappa shape index (κ1) is 13.8. The Morgan fingerprint density at radius 3 is 2.53 bits per heavy atom. The highest BCUT2D eigenvalue weighted by Gasteiger charge is 2.23. The van der Waals surface area contributed by atoms with E-state index in [-0.39, 0.29) is 21.8 Å². The SMILES string of the molecule is O=[N+]([O-])c1c(Cl)ncnc1Oc1ccc(Cl)c(Cl)c1. The quantitative estimate of drug-likeness (QED) is 0.482. The number of nitrogens with zero attached hydrogens (tertiary/aromatic N) is 3. The van der Waals surface area contributed by atoms with Crippen molar-refractivity contribution in [1.82, 2.24) is 9.97 Å². The summed E-state index contributed by atoms with van der Waals surface area (Å²) in [6.07, 6.45) is 1.06. The van der Waals surface area contributed by atoms with Crippen molar-refractivity contribution in [2.24, 2.45) is 0 Å². The minimum Gasteiger partial charge on any atom is -0.434 e. The highest BCUT2D eigenvalue weighted by atomic mass is 35.5. The lowest BCUT2D eigenvalue weighted by atomic mass is 10.3. The van der Waals surface area contributed by atoms with Gasteiger partial charge >= 0.3 is 11.6 Å². The standard InChI is InChI=1S/C10H4Cl3N3O3/c11-6-2-1-5(3-7(6)12)19-10-8(16(17)18)9(13)14-4-15-10/h1-4H. The lowest BCUT2D eigenvalue weighted by molar-refractivity contribution is -0.386. The summed E-state index contributed by atoms with van der Waals surface area (Å²) in [6, 6.07) is 4.39. The Morgan fingerprint density at radius 1 is 1.16 bits per heavy atom. The normalized spacial score (nSPS) is 10.3. The molecular weight excluding hydrogens is 316 g/mol. The molecule has 0 aliphatic heterocycles. The third kappa shape index (κ3) is 3.04. The van der Waals surface area contributed by atoms with E-state index in [1.54, 1.807) is 0 Å². The first-order valence-corrected chi connectivity index (χ1v) is 5.90. The van der Waals surface area contributed by atoms with Crippen LogP contribution in [0.2, 0.25) is 15.2 Å². The van der Waals surface area contributed by atoms with Gasteiger partial charge in [0.15, 0.2) is 0 Å². The van der Waals surface area contributed by atoms with Gasteiger partial charge in [0.05, 0.1) is 15.0 Å². The summed E-state index contributed by atoms with van der Waals surface area (Å²) in [5, 5.41) is 11.1. The third-order valence-electron chi connectivity index (χ3n) is 2.03. The van der Waals surface area contributed by atoms with Crippen molar-refractivity contribution in [3.8, 4) is 11.6 Å². The summed E-state index contributed by atoms with van der Waals surface area (Å²) in [5.41, 5.74) is -0.518. The monoisotopic (exact) mass is 319 g/mol. The van der Waals surface area contributed by atoms with E-state index < -0.39 is 10.6 Å². The zero-order valence-corrected chi connectivity index (χ0v) is 11.3. The van der Waals surface area contributed by atoms with Gasteiger partial charge in [0.25, 0.3) is 0 Å². The Bertz CT molecular complexity index is 651. The van der Waals surface area contributed by atoms with Crippen LogP contribution in [0.1, 0.15) is 0 Å². The molecule has 0 bridgehead atoms. The molecule has 1 heterocycles. The van der Waals surface area contributed by atoms with Gasteiger partial charge in [0, 0.05) is 6.07 Å². The zero-order valence-electron chi connectivity index (χ0n) is 9.01. The summed E-state index contributed by atoms with van der Waals surface area (Å²) in [4.78, 5) is 17.3. The Morgan fingerprint density at radius 2 is 1.89 bits per heavy atom. The minimum absolute atomic E-state index is 0.243. The van der Waals surface area contributed by atoms with Gasteiger partial charge < -0.3 is 4.74 Å².